The van der Waals surface area contributed by atoms with Gasteiger partial charge in [-0.3, -0.25) is 0 Å². The van der Waals surface area contributed by atoms with Crippen molar-refractivity contribution in [2.75, 3.05) is 19.6 Å². The van der Waals surface area contributed by atoms with Gasteiger partial charge in [-0.1, -0.05) is 25.5 Å². The minimum Gasteiger partial charge on any atom is -0.313 e. The number of nitrogens with one attached hydrogen (secondary N) is 1. The summed E-state index contributed by atoms with van der Waals surface area (Å²) in [6, 6.07) is 7.30. The lowest BCUT2D eigenvalue weighted by Gasteiger charge is -2.30. The maximum atomic E-state index is 12.9. The van der Waals surface area contributed by atoms with Gasteiger partial charge in [0, 0.05) is 23.6 Å². The SMILES string of the molecule is CCCN(CC1CCCCN1)S(=O)(=O)c1ccccc1Br. The van der Waals surface area contributed by atoms with Crippen molar-refractivity contribution in [1.29, 1.82) is 0 Å². The van der Waals surface area contributed by atoms with Crippen LogP contribution in [0.3, 0.4) is 0 Å². The van der Waals surface area contributed by atoms with Gasteiger partial charge in [0.15, 0.2) is 0 Å². The van der Waals surface area contributed by atoms with Gasteiger partial charge in [-0.25, -0.2) is 8.42 Å². The first-order chi connectivity index (χ1) is 10.1. The number of hydrogen-bond donors (Lipinski definition) is 1. The molecule has 6 heteroatoms. The van der Waals surface area contributed by atoms with E-state index >= 15 is 0 Å². The van der Waals surface area contributed by atoms with Crippen LogP contribution >= 0.6 is 15.9 Å². The molecule has 118 valence electrons. The zero-order valence-electron chi connectivity index (χ0n) is 12.4. The third-order valence-electron chi connectivity index (χ3n) is 3.76. The summed E-state index contributed by atoms with van der Waals surface area (Å²) < 4.78 is 28.0. The molecular weight excluding hydrogens is 352 g/mol. The number of benzene rings is 1. The highest BCUT2D eigenvalue weighted by Crippen LogP contribution is 2.25. The Balaban J connectivity index is 2.21. The summed E-state index contributed by atoms with van der Waals surface area (Å²) in [6.45, 7) is 4.11. The van der Waals surface area contributed by atoms with E-state index in [-0.39, 0.29) is 6.04 Å². The maximum absolute atomic E-state index is 12.9. The lowest BCUT2D eigenvalue weighted by molar-refractivity contribution is 0.312. The van der Waals surface area contributed by atoms with Gasteiger partial charge in [0.2, 0.25) is 10.0 Å². The van der Waals surface area contributed by atoms with Crippen molar-refractivity contribution in [1.82, 2.24) is 9.62 Å². The molecule has 0 amide bonds. The highest BCUT2D eigenvalue weighted by Gasteiger charge is 2.28. The van der Waals surface area contributed by atoms with E-state index in [2.05, 4.69) is 21.2 Å². The third kappa shape index (κ3) is 4.28. The number of rotatable bonds is 6. The van der Waals surface area contributed by atoms with E-state index in [4.69, 9.17) is 0 Å². The van der Waals surface area contributed by atoms with Crippen LogP contribution in [0, 0.1) is 0 Å². The molecule has 1 unspecified atom stereocenters. The van der Waals surface area contributed by atoms with Gasteiger partial charge < -0.3 is 5.32 Å². The monoisotopic (exact) mass is 374 g/mol. The minimum absolute atomic E-state index is 0.266. The van der Waals surface area contributed by atoms with Gasteiger partial charge in [-0.15, -0.1) is 0 Å². The molecule has 4 nitrogen and oxygen atoms in total. The molecule has 2 rings (SSSR count). The molecule has 1 aliphatic heterocycles. The van der Waals surface area contributed by atoms with Crippen LogP contribution in [0.2, 0.25) is 0 Å². The van der Waals surface area contributed by atoms with Crippen LogP contribution in [-0.4, -0.2) is 38.4 Å². The first-order valence-electron chi connectivity index (χ1n) is 7.53. The molecule has 0 aromatic heterocycles. The Morgan fingerprint density at radius 3 is 2.71 bits per heavy atom. The molecule has 1 aliphatic rings. The van der Waals surface area contributed by atoms with Gasteiger partial charge in [-0.2, -0.15) is 4.31 Å². The molecule has 1 fully saturated rings. The number of piperidine rings is 1. The average Bonchev–Trinajstić information content (AvgIpc) is 2.48. The summed E-state index contributed by atoms with van der Waals surface area (Å²) in [5.41, 5.74) is 0. The smallest absolute Gasteiger partial charge is 0.244 e. The Morgan fingerprint density at radius 2 is 2.10 bits per heavy atom. The number of nitrogens with zero attached hydrogens (tertiary/aromatic N) is 1. The molecule has 1 N–H and O–H groups in total. The van der Waals surface area contributed by atoms with Crippen LogP contribution in [0.5, 0.6) is 0 Å². The molecule has 0 radical (unpaired) electrons. The van der Waals surface area contributed by atoms with E-state index in [9.17, 15) is 8.42 Å². The van der Waals surface area contributed by atoms with Gasteiger partial charge in [-0.05, 0) is 53.9 Å². The zero-order valence-corrected chi connectivity index (χ0v) is 14.8. The molecule has 21 heavy (non-hydrogen) atoms. The van der Waals surface area contributed by atoms with E-state index in [1.54, 1.807) is 22.5 Å². The summed E-state index contributed by atoms with van der Waals surface area (Å²) in [5.74, 6) is 0. The lowest BCUT2D eigenvalue weighted by Crippen LogP contribution is -2.46. The molecule has 0 spiro atoms. The van der Waals surface area contributed by atoms with Crippen LogP contribution in [0.15, 0.2) is 33.6 Å². The fourth-order valence-electron chi connectivity index (χ4n) is 2.68. The standard InChI is InChI=1S/C15H23BrN2O2S/c1-2-11-18(12-13-7-5-6-10-17-13)21(19,20)15-9-4-3-8-14(15)16/h3-4,8-9,13,17H,2,5-7,10-12H2,1H3. The quantitative estimate of drug-likeness (QED) is 0.832. The van der Waals surface area contributed by atoms with Crippen LogP contribution in [0.25, 0.3) is 0 Å². The Labute approximate surface area is 136 Å². The van der Waals surface area contributed by atoms with E-state index in [0.29, 0.717) is 22.5 Å². The Hall–Kier alpha value is -0.430. The van der Waals surface area contributed by atoms with E-state index in [1.165, 1.54) is 12.8 Å². The predicted octanol–water partition coefficient (Wildman–Crippen LogP) is 2.99. The fourth-order valence-corrected chi connectivity index (χ4v) is 5.22. The van der Waals surface area contributed by atoms with Crippen LogP contribution in [0.1, 0.15) is 32.6 Å². The molecule has 0 aliphatic carbocycles. The van der Waals surface area contributed by atoms with Crippen molar-refractivity contribution in [3.63, 3.8) is 0 Å². The average molecular weight is 375 g/mol. The first-order valence-corrected chi connectivity index (χ1v) is 9.77. The highest BCUT2D eigenvalue weighted by atomic mass is 79.9. The van der Waals surface area contributed by atoms with Crippen molar-refractivity contribution >= 4 is 26.0 Å². The van der Waals surface area contributed by atoms with E-state index in [0.717, 1.165) is 19.4 Å². The van der Waals surface area contributed by atoms with E-state index < -0.39 is 10.0 Å². The number of hydrogen-bond acceptors (Lipinski definition) is 3. The van der Waals surface area contributed by atoms with Crippen molar-refractivity contribution in [3.8, 4) is 0 Å². The van der Waals surface area contributed by atoms with Crippen molar-refractivity contribution in [3.05, 3.63) is 28.7 Å². The molecule has 1 saturated heterocycles. The van der Waals surface area contributed by atoms with Gasteiger partial charge in [0.1, 0.15) is 0 Å². The fraction of sp³-hybridized carbons (Fsp3) is 0.600. The van der Waals surface area contributed by atoms with Crippen molar-refractivity contribution in [2.24, 2.45) is 0 Å². The summed E-state index contributed by atoms with van der Waals surface area (Å²) in [5, 5.41) is 3.43. The Kier molecular flexibility index (Phi) is 6.22. The first kappa shape index (κ1) is 16.9. The van der Waals surface area contributed by atoms with Gasteiger partial charge >= 0.3 is 0 Å². The summed E-state index contributed by atoms with van der Waals surface area (Å²) in [4.78, 5) is 0.356. The van der Waals surface area contributed by atoms with Crippen molar-refractivity contribution < 1.29 is 8.42 Å². The molecule has 1 atom stereocenters. The summed E-state index contributed by atoms with van der Waals surface area (Å²) >= 11 is 3.36. The van der Waals surface area contributed by atoms with Crippen LogP contribution in [0.4, 0.5) is 0 Å². The Bertz CT molecular complexity index is 557. The minimum atomic E-state index is -3.45. The van der Waals surface area contributed by atoms with Crippen LogP contribution < -0.4 is 5.32 Å². The normalized spacial score (nSPS) is 19.9. The maximum Gasteiger partial charge on any atom is 0.244 e. The lowest BCUT2D eigenvalue weighted by atomic mass is 10.1. The molecule has 0 saturated carbocycles. The van der Waals surface area contributed by atoms with Crippen LogP contribution in [-0.2, 0) is 10.0 Å². The van der Waals surface area contributed by atoms with Gasteiger partial charge in [0.25, 0.3) is 0 Å². The largest absolute Gasteiger partial charge is 0.313 e. The summed E-state index contributed by atoms with van der Waals surface area (Å²) in [7, 11) is -3.45. The van der Waals surface area contributed by atoms with Gasteiger partial charge in [0.05, 0.1) is 4.90 Å². The molecular formula is C15H23BrN2O2S. The molecule has 1 aromatic carbocycles. The zero-order chi connectivity index (χ0) is 15.3. The predicted molar refractivity (Wildman–Crippen MR) is 88.8 cm³/mol. The second kappa shape index (κ2) is 7.72. The highest BCUT2D eigenvalue weighted by molar-refractivity contribution is 9.10. The molecule has 1 heterocycles. The third-order valence-corrected chi connectivity index (χ3v) is 6.64. The second-order valence-corrected chi connectivity index (χ2v) is 8.20. The number of halogens is 1. The molecule has 0 bridgehead atoms. The van der Waals surface area contributed by atoms with E-state index in [1.807, 2.05) is 13.0 Å². The topological polar surface area (TPSA) is 49.4 Å². The Morgan fingerprint density at radius 1 is 1.33 bits per heavy atom. The number of sulfonamides is 1. The van der Waals surface area contributed by atoms with Crippen molar-refractivity contribution in [2.45, 2.75) is 43.5 Å². The second-order valence-electron chi connectivity index (χ2n) is 5.44. The molecule has 1 aromatic rings. The summed E-state index contributed by atoms with van der Waals surface area (Å²) in [6.07, 6.45) is 4.22.